The van der Waals surface area contributed by atoms with E-state index in [2.05, 4.69) is 43.2 Å². The Balaban J connectivity index is 1.51. The van der Waals surface area contributed by atoms with Gasteiger partial charge in [-0.15, -0.1) is 6.58 Å². The summed E-state index contributed by atoms with van der Waals surface area (Å²) in [5.74, 6) is 0.682. The van der Waals surface area contributed by atoms with Crippen LogP contribution in [-0.2, 0) is 6.42 Å². The van der Waals surface area contributed by atoms with Gasteiger partial charge < -0.3 is 4.90 Å². The SMILES string of the molecule is C=CCC(CC)C(C)N1CCN(CCc2nn(-c3ccc(Cl)cc3Cl)c(-c3ccc(Cl)cc3)c2C)CC1. The van der Waals surface area contributed by atoms with E-state index in [0.29, 0.717) is 27.0 Å². The molecule has 1 aromatic heterocycles. The molecular formula is C30H37Cl3N4. The molecule has 0 aliphatic carbocycles. The Kier molecular flexibility index (Phi) is 9.77. The van der Waals surface area contributed by atoms with Crippen molar-refractivity contribution in [3.05, 3.63) is 81.4 Å². The molecule has 7 heteroatoms. The van der Waals surface area contributed by atoms with Crippen LogP contribution < -0.4 is 0 Å². The number of piperazine rings is 1. The van der Waals surface area contributed by atoms with Crippen molar-refractivity contribution in [2.24, 2.45) is 5.92 Å². The molecule has 4 rings (SSSR count). The molecular weight excluding hydrogens is 523 g/mol. The number of benzene rings is 2. The summed E-state index contributed by atoms with van der Waals surface area (Å²) >= 11 is 19.0. The summed E-state index contributed by atoms with van der Waals surface area (Å²) in [4.78, 5) is 5.21. The Morgan fingerprint density at radius 3 is 2.30 bits per heavy atom. The summed E-state index contributed by atoms with van der Waals surface area (Å²) in [6.45, 7) is 16.1. The molecule has 0 N–H and O–H groups in total. The Hall–Kier alpha value is -1.82. The van der Waals surface area contributed by atoms with Gasteiger partial charge in [0, 0.05) is 60.8 Å². The van der Waals surface area contributed by atoms with Gasteiger partial charge in [0.2, 0.25) is 0 Å². The fourth-order valence-corrected chi connectivity index (χ4v) is 6.04. The van der Waals surface area contributed by atoms with Crippen molar-refractivity contribution >= 4 is 34.8 Å². The average molecular weight is 560 g/mol. The number of rotatable bonds is 10. The molecule has 198 valence electrons. The van der Waals surface area contributed by atoms with Crippen molar-refractivity contribution in [2.75, 3.05) is 32.7 Å². The van der Waals surface area contributed by atoms with E-state index in [1.807, 2.05) is 41.1 Å². The molecule has 1 aliphatic rings. The lowest BCUT2D eigenvalue weighted by molar-refractivity contribution is 0.0768. The quantitative estimate of drug-likeness (QED) is 0.236. The maximum atomic E-state index is 6.62. The van der Waals surface area contributed by atoms with Crippen LogP contribution in [0.4, 0.5) is 0 Å². The number of nitrogens with zero attached hydrogens (tertiary/aromatic N) is 4. The molecule has 2 unspecified atom stereocenters. The van der Waals surface area contributed by atoms with Crippen molar-refractivity contribution in [2.45, 2.75) is 46.1 Å². The number of aromatic nitrogens is 2. The Morgan fingerprint density at radius 2 is 1.68 bits per heavy atom. The topological polar surface area (TPSA) is 24.3 Å². The van der Waals surface area contributed by atoms with Gasteiger partial charge in [-0.1, -0.05) is 66.4 Å². The lowest BCUT2D eigenvalue weighted by Crippen LogP contribution is -2.51. The van der Waals surface area contributed by atoms with Gasteiger partial charge in [0.25, 0.3) is 0 Å². The lowest BCUT2D eigenvalue weighted by atomic mass is 9.93. The van der Waals surface area contributed by atoms with Gasteiger partial charge in [0.15, 0.2) is 0 Å². The number of hydrogen-bond donors (Lipinski definition) is 0. The summed E-state index contributed by atoms with van der Waals surface area (Å²) in [6.07, 6.45) is 5.24. The van der Waals surface area contributed by atoms with E-state index in [4.69, 9.17) is 39.9 Å². The first-order valence-electron chi connectivity index (χ1n) is 13.2. The molecule has 0 amide bonds. The largest absolute Gasteiger partial charge is 0.300 e. The van der Waals surface area contributed by atoms with Crippen molar-refractivity contribution < 1.29 is 0 Å². The molecule has 0 bridgehead atoms. The number of allylic oxidation sites excluding steroid dienone is 1. The second-order valence-electron chi connectivity index (χ2n) is 10.00. The Morgan fingerprint density at radius 1 is 1.00 bits per heavy atom. The maximum Gasteiger partial charge on any atom is 0.0840 e. The van der Waals surface area contributed by atoms with Gasteiger partial charge >= 0.3 is 0 Å². The van der Waals surface area contributed by atoms with E-state index in [0.717, 1.165) is 73.8 Å². The smallest absolute Gasteiger partial charge is 0.0840 e. The molecule has 0 spiro atoms. The lowest BCUT2D eigenvalue weighted by Gasteiger charge is -2.40. The minimum atomic E-state index is 0.573. The third kappa shape index (κ3) is 6.61. The molecule has 0 radical (unpaired) electrons. The van der Waals surface area contributed by atoms with E-state index in [1.54, 1.807) is 6.07 Å². The summed E-state index contributed by atoms with van der Waals surface area (Å²) < 4.78 is 1.96. The van der Waals surface area contributed by atoms with Crippen LogP contribution in [0.5, 0.6) is 0 Å². The van der Waals surface area contributed by atoms with E-state index >= 15 is 0 Å². The first-order chi connectivity index (χ1) is 17.8. The summed E-state index contributed by atoms with van der Waals surface area (Å²) in [5, 5.41) is 6.95. The van der Waals surface area contributed by atoms with Gasteiger partial charge in [-0.2, -0.15) is 5.10 Å². The zero-order valence-electron chi connectivity index (χ0n) is 22.1. The summed E-state index contributed by atoms with van der Waals surface area (Å²) in [5.41, 5.74) is 5.15. The van der Waals surface area contributed by atoms with Crippen molar-refractivity contribution in [1.82, 2.24) is 19.6 Å². The highest BCUT2D eigenvalue weighted by atomic mass is 35.5. The van der Waals surface area contributed by atoms with Crippen molar-refractivity contribution in [3.8, 4) is 16.9 Å². The molecule has 1 saturated heterocycles. The highest BCUT2D eigenvalue weighted by molar-refractivity contribution is 6.35. The van der Waals surface area contributed by atoms with Crippen LogP contribution in [0.1, 0.15) is 37.9 Å². The Labute approximate surface area is 236 Å². The van der Waals surface area contributed by atoms with Crippen LogP contribution in [0.2, 0.25) is 15.1 Å². The minimum absolute atomic E-state index is 0.573. The zero-order valence-corrected chi connectivity index (χ0v) is 24.3. The van der Waals surface area contributed by atoms with E-state index in [9.17, 15) is 0 Å². The third-order valence-corrected chi connectivity index (χ3v) is 8.59. The molecule has 2 aromatic carbocycles. The maximum absolute atomic E-state index is 6.62. The Bertz CT molecular complexity index is 1200. The molecule has 2 atom stereocenters. The molecule has 1 fully saturated rings. The first-order valence-corrected chi connectivity index (χ1v) is 14.3. The summed E-state index contributed by atoms with van der Waals surface area (Å²) in [6, 6.07) is 14.0. The van der Waals surface area contributed by atoms with Crippen LogP contribution in [0, 0.1) is 12.8 Å². The number of hydrogen-bond acceptors (Lipinski definition) is 3. The van der Waals surface area contributed by atoms with Crippen LogP contribution in [0.3, 0.4) is 0 Å². The second kappa shape index (κ2) is 12.8. The van der Waals surface area contributed by atoms with Crippen LogP contribution in [-0.4, -0.2) is 58.3 Å². The normalized spacial score (nSPS) is 16.6. The molecule has 4 nitrogen and oxygen atoms in total. The fraction of sp³-hybridized carbons (Fsp3) is 0.433. The predicted molar refractivity (Wildman–Crippen MR) is 159 cm³/mol. The van der Waals surface area contributed by atoms with Crippen molar-refractivity contribution in [1.29, 1.82) is 0 Å². The van der Waals surface area contributed by atoms with E-state index in [-0.39, 0.29) is 0 Å². The van der Waals surface area contributed by atoms with Gasteiger partial charge in [-0.05, 0) is 62.1 Å². The third-order valence-electron chi connectivity index (χ3n) is 7.80. The predicted octanol–water partition coefficient (Wildman–Crippen LogP) is 7.96. The standard InChI is InChI=1S/C30H37Cl3N4/c1-5-7-23(6-2)22(4)36-18-16-35(17-19-36)15-14-28-21(3)30(24-8-10-25(31)11-9-24)37(34-28)29-13-12-26(32)20-27(29)33/h5,8-13,20,22-23H,1,6-7,14-19H2,2-4H3. The molecule has 2 heterocycles. The van der Waals surface area contributed by atoms with Gasteiger partial charge in [-0.3, -0.25) is 4.90 Å². The fourth-order valence-electron chi connectivity index (χ4n) is 5.43. The first kappa shape index (κ1) is 28.2. The van der Waals surface area contributed by atoms with Crippen LogP contribution in [0.15, 0.2) is 55.1 Å². The van der Waals surface area contributed by atoms with Crippen molar-refractivity contribution in [3.63, 3.8) is 0 Å². The van der Waals surface area contributed by atoms with E-state index in [1.165, 1.54) is 6.42 Å². The van der Waals surface area contributed by atoms with Crippen LogP contribution >= 0.6 is 34.8 Å². The van der Waals surface area contributed by atoms with E-state index < -0.39 is 0 Å². The highest BCUT2D eigenvalue weighted by Gasteiger charge is 2.26. The van der Waals surface area contributed by atoms with Crippen LogP contribution in [0.25, 0.3) is 16.9 Å². The minimum Gasteiger partial charge on any atom is -0.300 e. The molecule has 3 aromatic rings. The molecule has 37 heavy (non-hydrogen) atoms. The zero-order chi connectivity index (χ0) is 26.5. The monoisotopic (exact) mass is 558 g/mol. The van der Waals surface area contributed by atoms with Gasteiger partial charge in [0.1, 0.15) is 0 Å². The highest BCUT2D eigenvalue weighted by Crippen LogP contribution is 2.33. The van der Waals surface area contributed by atoms with Gasteiger partial charge in [-0.25, -0.2) is 4.68 Å². The molecule has 1 aliphatic heterocycles. The average Bonchev–Trinajstić information content (AvgIpc) is 3.22. The molecule has 0 saturated carbocycles. The van der Waals surface area contributed by atoms with Gasteiger partial charge in [0.05, 0.1) is 22.1 Å². The summed E-state index contributed by atoms with van der Waals surface area (Å²) in [7, 11) is 0. The second-order valence-corrected chi connectivity index (χ2v) is 11.3. The number of halogens is 3.